The molecule has 2 aromatic rings. The molecule has 1 aromatic heterocycles. The summed E-state index contributed by atoms with van der Waals surface area (Å²) < 4.78 is 18.9. The van der Waals surface area contributed by atoms with Crippen molar-refractivity contribution in [3.63, 3.8) is 0 Å². The lowest BCUT2D eigenvalue weighted by atomic mass is 10.1. The molecule has 1 fully saturated rings. The smallest absolute Gasteiger partial charge is 0.245 e. The highest BCUT2D eigenvalue weighted by atomic mass is 19.1. The third kappa shape index (κ3) is 5.13. The molecule has 27 heavy (non-hydrogen) atoms. The Morgan fingerprint density at radius 2 is 2.19 bits per heavy atom. The van der Waals surface area contributed by atoms with Crippen LogP contribution >= 0.6 is 0 Å². The van der Waals surface area contributed by atoms with Crippen molar-refractivity contribution >= 4 is 5.91 Å². The lowest BCUT2D eigenvalue weighted by Gasteiger charge is -2.30. The molecule has 0 N–H and O–H groups in total. The second-order valence-corrected chi connectivity index (χ2v) is 7.58. The highest BCUT2D eigenvalue weighted by Gasteiger charge is 2.32. The van der Waals surface area contributed by atoms with Gasteiger partial charge in [0.1, 0.15) is 11.9 Å². The molecule has 1 aliphatic rings. The second-order valence-electron chi connectivity index (χ2n) is 7.58. The third-order valence-corrected chi connectivity index (χ3v) is 4.73. The minimum absolute atomic E-state index is 0.00626. The summed E-state index contributed by atoms with van der Waals surface area (Å²) in [6.07, 6.45) is 1.07. The molecule has 1 saturated heterocycles. The summed E-state index contributed by atoms with van der Waals surface area (Å²) in [6, 6.07) is 6.10. The van der Waals surface area contributed by atoms with Crippen molar-refractivity contribution in [2.45, 2.75) is 39.7 Å². The predicted octanol–water partition coefficient (Wildman–Crippen LogP) is 2.99. The van der Waals surface area contributed by atoms with E-state index < -0.39 is 0 Å². The van der Waals surface area contributed by atoms with Gasteiger partial charge in [-0.1, -0.05) is 31.1 Å². The predicted molar refractivity (Wildman–Crippen MR) is 99.5 cm³/mol. The normalized spacial score (nSPS) is 18.7. The van der Waals surface area contributed by atoms with Crippen LogP contribution in [0.4, 0.5) is 4.39 Å². The summed E-state index contributed by atoms with van der Waals surface area (Å²) in [7, 11) is 0. The van der Waals surface area contributed by atoms with E-state index >= 15 is 0 Å². The van der Waals surface area contributed by atoms with Crippen molar-refractivity contribution in [3.05, 3.63) is 47.4 Å². The lowest BCUT2D eigenvalue weighted by molar-refractivity contribution is -0.130. The van der Waals surface area contributed by atoms with Crippen LogP contribution in [-0.4, -0.2) is 52.0 Å². The van der Waals surface area contributed by atoms with Gasteiger partial charge in [0.15, 0.2) is 5.82 Å². The number of benzene rings is 1. The molecule has 3 rings (SSSR count). The average molecular weight is 374 g/mol. The molecule has 2 heterocycles. The van der Waals surface area contributed by atoms with Crippen molar-refractivity contribution in [1.82, 2.24) is 19.9 Å². The molecule has 1 aromatic carbocycles. The van der Waals surface area contributed by atoms with Gasteiger partial charge in [0.25, 0.3) is 0 Å². The maximum atomic E-state index is 13.4. The van der Waals surface area contributed by atoms with Crippen molar-refractivity contribution < 1.29 is 13.7 Å². The first-order valence-electron chi connectivity index (χ1n) is 9.49. The van der Waals surface area contributed by atoms with E-state index in [1.165, 1.54) is 12.1 Å². The number of halogens is 1. The second kappa shape index (κ2) is 8.61. The molecule has 1 unspecified atom stereocenters. The average Bonchev–Trinajstić information content (AvgIpc) is 2.91. The fraction of sp³-hybridized carbons (Fsp3) is 0.550. The number of amides is 1. The van der Waals surface area contributed by atoms with Crippen molar-refractivity contribution in [2.75, 3.05) is 26.2 Å². The van der Waals surface area contributed by atoms with Crippen molar-refractivity contribution in [2.24, 2.45) is 5.92 Å². The van der Waals surface area contributed by atoms with E-state index in [-0.39, 0.29) is 24.2 Å². The van der Waals surface area contributed by atoms with Gasteiger partial charge in [-0.05, 0) is 37.0 Å². The van der Waals surface area contributed by atoms with Gasteiger partial charge >= 0.3 is 0 Å². The molecule has 1 amide bonds. The molecule has 0 aliphatic carbocycles. The summed E-state index contributed by atoms with van der Waals surface area (Å²) >= 11 is 0. The molecule has 0 saturated carbocycles. The third-order valence-electron chi connectivity index (χ3n) is 4.73. The first-order chi connectivity index (χ1) is 12.9. The Morgan fingerprint density at radius 1 is 1.37 bits per heavy atom. The first-order valence-corrected chi connectivity index (χ1v) is 9.49. The molecule has 1 atom stereocenters. The zero-order chi connectivity index (χ0) is 19.4. The molecule has 6 nitrogen and oxygen atoms in total. The molecule has 146 valence electrons. The first kappa shape index (κ1) is 19.5. The Kier molecular flexibility index (Phi) is 6.21. The van der Waals surface area contributed by atoms with Crippen LogP contribution in [0.1, 0.15) is 43.6 Å². The standard InChI is InChI=1S/C20H27FN4O2/c1-14(2)12-24-8-5-9-25(13-18(24)20-22-15(3)23-27-20)19(26)11-16-6-4-7-17(21)10-16/h4,6-7,10,14,18H,5,8-9,11-13H2,1-3H3. The van der Waals surface area contributed by atoms with Crippen LogP contribution in [0, 0.1) is 18.7 Å². The number of rotatable bonds is 5. The Hall–Kier alpha value is -2.28. The number of aromatic nitrogens is 2. The minimum atomic E-state index is -0.321. The van der Waals surface area contributed by atoms with E-state index in [0.29, 0.717) is 36.3 Å². The van der Waals surface area contributed by atoms with Gasteiger partial charge in [-0.3, -0.25) is 9.69 Å². The monoisotopic (exact) mass is 374 g/mol. The molecular weight excluding hydrogens is 347 g/mol. The summed E-state index contributed by atoms with van der Waals surface area (Å²) in [5.74, 6) is 1.31. The Bertz CT molecular complexity index is 777. The summed E-state index contributed by atoms with van der Waals surface area (Å²) in [6.45, 7) is 9.09. The highest BCUT2D eigenvalue weighted by molar-refractivity contribution is 5.78. The topological polar surface area (TPSA) is 62.5 Å². The quantitative estimate of drug-likeness (QED) is 0.805. The highest BCUT2D eigenvalue weighted by Crippen LogP contribution is 2.25. The van der Waals surface area contributed by atoms with E-state index in [2.05, 4.69) is 28.9 Å². The largest absolute Gasteiger partial charge is 0.340 e. The Balaban J connectivity index is 1.77. The fourth-order valence-corrected chi connectivity index (χ4v) is 3.57. The van der Waals surface area contributed by atoms with Gasteiger partial charge in [-0.25, -0.2) is 4.39 Å². The maximum Gasteiger partial charge on any atom is 0.245 e. The van der Waals surface area contributed by atoms with Crippen LogP contribution in [-0.2, 0) is 11.2 Å². The summed E-state index contributed by atoms with van der Waals surface area (Å²) in [5.41, 5.74) is 0.688. The van der Waals surface area contributed by atoms with Crippen LogP contribution in [0.2, 0.25) is 0 Å². The lowest BCUT2D eigenvalue weighted by Crippen LogP contribution is -2.39. The number of carbonyl (C=O) groups excluding carboxylic acids is 1. The number of carbonyl (C=O) groups is 1. The van der Waals surface area contributed by atoms with E-state index in [4.69, 9.17) is 4.52 Å². The van der Waals surface area contributed by atoms with Gasteiger partial charge in [-0.2, -0.15) is 4.98 Å². The van der Waals surface area contributed by atoms with Crippen LogP contribution in [0.25, 0.3) is 0 Å². The van der Waals surface area contributed by atoms with Crippen LogP contribution in [0.5, 0.6) is 0 Å². The van der Waals surface area contributed by atoms with Gasteiger partial charge in [0.05, 0.1) is 6.42 Å². The molecule has 0 radical (unpaired) electrons. The van der Waals surface area contributed by atoms with Gasteiger partial charge in [-0.15, -0.1) is 0 Å². The molecule has 1 aliphatic heterocycles. The molecular formula is C20H27FN4O2. The summed E-state index contributed by atoms with van der Waals surface area (Å²) in [4.78, 5) is 21.4. The van der Waals surface area contributed by atoms with Crippen molar-refractivity contribution in [3.8, 4) is 0 Å². The molecule has 0 bridgehead atoms. The summed E-state index contributed by atoms with van der Waals surface area (Å²) in [5, 5.41) is 3.93. The van der Waals surface area contributed by atoms with E-state index in [1.54, 1.807) is 19.1 Å². The van der Waals surface area contributed by atoms with E-state index in [9.17, 15) is 9.18 Å². The van der Waals surface area contributed by atoms with E-state index in [0.717, 1.165) is 19.5 Å². The van der Waals surface area contributed by atoms with Crippen LogP contribution in [0.3, 0.4) is 0 Å². The number of nitrogens with zero attached hydrogens (tertiary/aromatic N) is 4. The SMILES string of the molecule is Cc1noc(C2CN(C(=O)Cc3cccc(F)c3)CCCN2CC(C)C)n1. The Labute approximate surface area is 159 Å². The fourth-order valence-electron chi connectivity index (χ4n) is 3.57. The zero-order valence-electron chi connectivity index (χ0n) is 16.2. The van der Waals surface area contributed by atoms with Crippen molar-refractivity contribution in [1.29, 1.82) is 0 Å². The van der Waals surface area contributed by atoms with E-state index in [1.807, 2.05) is 4.90 Å². The van der Waals surface area contributed by atoms with Gasteiger partial charge in [0, 0.05) is 26.2 Å². The minimum Gasteiger partial charge on any atom is -0.340 e. The number of hydrogen-bond donors (Lipinski definition) is 0. The van der Waals surface area contributed by atoms with Gasteiger partial charge in [0.2, 0.25) is 11.8 Å². The molecule has 7 heteroatoms. The zero-order valence-corrected chi connectivity index (χ0v) is 16.2. The number of hydrogen-bond acceptors (Lipinski definition) is 5. The number of aryl methyl sites for hydroxylation is 1. The van der Waals surface area contributed by atoms with Crippen LogP contribution in [0.15, 0.2) is 28.8 Å². The van der Waals surface area contributed by atoms with Crippen LogP contribution < -0.4 is 0 Å². The van der Waals surface area contributed by atoms with Gasteiger partial charge < -0.3 is 9.42 Å². The maximum absolute atomic E-state index is 13.4. The molecule has 0 spiro atoms. The Morgan fingerprint density at radius 3 is 2.85 bits per heavy atom.